The van der Waals surface area contributed by atoms with E-state index in [9.17, 15) is 9.59 Å². The van der Waals surface area contributed by atoms with Crippen LogP contribution in [0.2, 0.25) is 10.0 Å². The molecule has 0 bridgehead atoms. The van der Waals surface area contributed by atoms with Crippen LogP contribution in [-0.4, -0.2) is 42.0 Å². The van der Waals surface area contributed by atoms with Crippen molar-refractivity contribution in [1.29, 1.82) is 0 Å². The molecule has 0 unspecified atom stereocenters. The van der Waals surface area contributed by atoms with E-state index >= 15 is 0 Å². The molecule has 2 N–H and O–H groups in total. The summed E-state index contributed by atoms with van der Waals surface area (Å²) in [6.07, 6.45) is 0. The number of methoxy groups -OCH3 is 1. The molecular weight excluding hydrogens is 427 g/mol. The Bertz CT molecular complexity index is 1130. The average Bonchev–Trinajstić information content (AvgIpc) is 2.72. The number of benzene rings is 2. The fourth-order valence-electron chi connectivity index (χ4n) is 2.86. The minimum absolute atomic E-state index is 0.150. The van der Waals surface area contributed by atoms with Gasteiger partial charge >= 0.3 is 0 Å². The van der Waals surface area contributed by atoms with Crippen LogP contribution in [0.3, 0.4) is 0 Å². The summed E-state index contributed by atoms with van der Waals surface area (Å²) in [5.74, 6) is -0.515. The van der Waals surface area contributed by atoms with Crippen LogP contribution < -0.4 is 15.4 Å². The number of halogens is 2. The highest BCUT2D eigenvalue weighted by molar-refractivity contribution is 6.37. The predicted octanol–water partition coefficient (Wildman–Crippen LogP) is 3.72. The van der Waals surface area contributed by atoms with Crippen LogP contribution in [-0.2, 0) is 0 Å². The third kappa shape index (κ3) is 4.63. The Kier molecular flexibility index (Phi) is 6.74. The molecule has 0 aliphatic carbocycles. The van der Waals surface area contributed by atoms with Crippen LogP contribution in [0.15, 0.2) is 30.3 Å². The predicted molar refractivity (Wildman–Crippen MR) is 117 cm³/mol. The van der Waals surface area contributed by atoms with Crippen LogP contribution in [0, 0.1) is 13.8 Å². The Balaban J connectivity index is 1.60. The van der Waals surface area contributed by atoms with Gasteiger partial charge in [0.15, 0.2) is 5.75 Å². The van der Waals surface area contributed by atoms with Crippen molar-refractivity contribution >= 4 is 46.0 Å². The fraction of sp³-hybridized carbons (Fsp3) is 0.238. The van der Waals surface area contributed by atoms with Gasteiger partial charge in [0.1, 0.15) is 5.56 Å². The number of nitrogens with one attached hydrogen (secondary N) is 2. The van der Waals surface area contributed by atoms with Gasteiger partial charge in [-0.05, 0) is 44.2 Å². The molecular formula is C21H20Cl2N4O3. The highest BCUT2D eigenvalue weighted by atomic mass is 35.5. The van der Waals surface area contributed by atoms with Crippen molar-refractivity contribution in [2.24, 2.45) is 0 Å². The zero-order valence-corrected chi connectivity index (χ0v) is 18.2. The molecule has 2 amide bonds. The molecule has 1 aromatic heterocycles. The van der Waals surface area contributed by atoms with Crippen LogP contribution in [0.4, 0.5) is 0 Å². The number of ether oxygens (including phenoxy) is 1. The second-order valence-corrected chi connectivity index (χ2v) is 7.36. The van der Waals surface area contributed by atoms with Crippen molar-refractivity contribution < 1.29 is 14.3 Å². The Morgan fingerprint density at radius 3 is 2.17 bits per heavy atom. The number of carbonyl (C=O) groups is 2. The Morgan fingerprint density at radius 1 is 0.900 bits per heavy atom. The maximum Gasteiger partial charge on any atom is 0.256 e. The molecule has 2 aromatic carbocycles. The zero-order chi connectivity index (χ0) is 21.8. The van der Waals surface area contributed by atoms with E-state index in [0.29, 0.717) is 11.1 Å². The largest absolute Gasteiger partial charge is 0.494 e. The lowest BCUT2D eigenvalue weighted by atomic mass is 10.1. The minimum Gasteiger partial charge on any atom is -0.494 e. The van der Waals surface area contributed by atoms with E-state index in [1.54, 1.807) is 24.3 Å². The van der Waals surface area contributed by atoms with Gasteiger partial charge in [-0.2, -0.15) is 0 Å². The molecule has 0 aliphatic heterocycles. The number of nitrogens with zero attached hydrogens (tertiary/aromatic N) is 2. The van der Waals surface area contributed by atoms with Crippen molar-refractivity contribution in [3.63, 3.8) is 0 Å². The van der Waals surface area contributed by atoms with E-state index in [1.165, 1.54) is 13.2 Å². The number of carbonyl (C=O) groups excluding carboxylic acids is 2. The first-order valence-electron chi connectivity index (χ1n) is 9.15. The fourth-order valence-corrected chi connectivity index (χ4v) is 3.33. The third-order valence-corrected chi connectivity index (χ3v) is 5.14. The van der Waals surface area contributed by atoms with E-state index in [1.807, 2.05) is 13.8 Å². The Labute approximate surface area is 183 Å². The van der Waals surface area contributed by atoms with Gasteiger partial charge in [-0.3, -0.25) is 9.59 Å². The summed E-state index contributed by atoms with van der Waals surface area (Å²) in [6.45, 7) is 4.19. The number of aromatic nitrogens is 2. The SMILES string of the molecule is COc1c(Cl)ccc(Cl)c1C(=O)NCCNC(=O)c1ccc2nc(C)c(C)nc2c1. The van der Waals surface area contributed by atoms with Gasteiger partial charge in [-0.1, -0.05) is 23.2 Å². The third-order valence-electron chi connectivity index (χ3n) is 4.52. The average molecular weight is 447 g/mol. The molecule has 3 rings (SSSR count). The number of amides is 2. The van der Waals surface area contributed by atoms with Crippen molar-refractivity contribution in [1.82, 2.24) is 20.6 Å². The van der Waals surface area contributed by atoms with E-state index in [0.717, 1.165) is 16.9 Å². The zero-order valence-electron chi connectivity index (χ0n) is 16.7. The summed E-state index contributed by atoms with van der Waals surface area (Å²) in [7, 11) is 1.41. The molecule has 0 fully saturated rings. The Morgan fingerprint density at radius 2 is 1.50 bits per heavy atom. The van der Waals surface area contributed by atoms with Gasteiger partial charge in [0, 0.05) is 18.7 Å². The molecule has 0 aliphatic rings. The number of aryl methyl sites for hydroxylation is 2. The molecule has 156 valence electrons. The number of hydrogen-bond acceptors (Lipinski definition) is 5. The van der Waals surface area contributed by atoms with Crippen LogP contribution in [0.25, 0.3) is 11.0 Å². The first-order valence-corrected chi connectivity index (χ1v) is 9.90. The maximum atomic E-state index is 12.5. The number of fused-ring (bicyclic) bond motifs is 1. The highest BCUT2D eigenvalue weighted by Crippen LogP contribution is 2.33. The lowest BCUT2D eigenvalue weighted by Crippen LogP contribution is -2.35. The monoisotopic (exact) mass is 446 g/mol. The van der Waals surface area contributed by atoms with Crippen LogP contribution in [0.1, 0.15) is 32.1 Å². The highest BCUT2D eigenvalue weighted by Gasteiger charge is 2.19. The molecule has 7 nitrogen and oxygen atoms in total. The van der Waals surface area contributed by atoms with E-state index in [4.69, 9.17) is 27.9 Å². The van der Waals surface area contributed by atoms with Gasteiger partial charge in [-0.25, -0.2) is 9.97 Å². The lowest BCUT2D eigenvalue weighted by molar-refractivity contribution is 0.0926. The number of rotatable bonds is 6. The molecule has 0 spiro atoms. The first kappa shape index (κ1) is 21.8. The molecule has 30 heavy (non-hydrogen) atoms. The smallest absolute Gasteiger partial charge is 0.256 e. The summed E-state index contributed by atoms with van der Waals surface area (Å²) in [5.41, 5.74) is 3.67. The van der Waals surface area contributed by atoms with Crippen molar-refractivity contribution in [2.75, 3.05) is 20.2 Å². The molecule has 0 saturated carbocycles. The number of hydrogen-bond donors (Lipinski definition) is 2. The van der Waals surface area contributed by atoms with E-state index < -0.39 is 5.91 Å². The second-order valence-electron chi connectivity index (χ2n) is 6.55. The molecule has 0 saturated heterocycles. The maximum absolute atomic E-state index is 12.5. The molecule has 3 aromatic rings. The quantitative estimate of drug-likeness (QED) is 0.562. The van der Waals surface area contributed by atoms with Crippen molar-refractivity contribution in [2.45, 2.75) is 13.8 Å². The Hall–Kier alpha value is -2.90. The van der Waals surface area contributed by atoms with Crippen molar-refractivity contribution in [3.8, 4) is 5.75 Å². The van der Waals surface area contributed by atoms with Crippen LogP contribution >= 0.6 is 23.2 Å². The first-order chi connectivity index (χ1) is 14.3. The summed E-state index contributed by atoms with van der Waals surface area (Å²) >= 11 is 12.2. The molecule has 1 heterocycles. The topological polar surface area (TPSA) is 93.2 Å². The molecule has 0 atom stereocenters. The van der Waals surface area contributed by atoms with E-state index in [-0.39, 0.29) is 40.4 Å². The minimum atomic E-state index is -0.444. The molecule has 0 radical (unpaired) electrons. The van der Waals surface area contributed by atoms with Crippen LogP contribution in [0.5, 0.6) is 5.75 Å². The van der Waals surface area contributed by atoms with Gasteiger partial charge in [0.05, 0.1) is 39.6 Å². The van der Waals surface area contributed by atoms with Gasteiger partial charge in [0.25, 0.3) is 11.8 Å². The summed E-state index contributed by atoms with van der Waals surface area (Å²) < 4.78 is 5.17. The van der Waals surface area contributed by atoms with Gasteiger partial charge in [0.2, 0.25) is 0 Å². The van der Waals surface area contributed by atoms with Gasteiger partial charge < -0.3 is 15.4 Å². The van der Waals surface area contributed by atoms with Crippen molar-refractivity contribution in [3.05, 3.63) is 62.9 Å². The lowest BCUT2D eigenvalue weighted by Gasteiger charge is -2.12. The summed E-state index contributed by atoms with van der Waals surface area (Å²) in [6, 6.07) is 8.22. The molecule has 9 heteroatoms. The summed E-state index contributed by atoms with van der Waals surface area (Å²) in [5, 5.41) is 5.96. The van der Waals surface area contributed by atoms with E-state index in [2.05, 4.69) is 20.6 Å². The second kappa shape index (κ2) is 9.28. The normalized spacial score (nSPS) is 10.7. The van der Waals surface area contributed by atoms with Gasteiger partial charge in [-0.15, -0.1) is 0 Å². The summed E-state index contributed by atoms with van der Waals surface area (Å²) in [4.78, 5) is 33.8. The standard InChI is InChI=1S/C21H20Cl2N4O3/c1-11-12(2)27-17-10-13(4-7-16(17)26-11)20(28)24-8-9-25-21(29)18-14(22)5-6-15(23)19(18)30-3/h4-7,10H,8-9H2,1-3H3,(H,24,28)(H,25,29).